The number of fused-ring (bicyclic) bond motifs is 1. The summed E-state index contributed by atoms with van der Waals surface area (Å²) < 4.78 is 51.0. The molecule has 4 aromatic rings. The Morgan fingerprint density at radius 2 is 1.94 bits per heavy atom. The maximum Gasteiger partial charge on any atom is 0.322 e. The summed E-state index contributed by atoms with van der Waals surface area (Å²) in [7, 11) is 1.80. The van der Waals surface area contributed by atoms with Crippen molar-refractivity contribution in [3.05, 3.63) is 95.0 Å². The van der Waals surface area contributed by atoms with E-state index in [1.54, 1.807) is 29.9 Å². The van der Waals surface area contributed by atoms with Crippen molar-refractivity contribution in [1.29, 1.82) is 0 Å². The number of ether oxygens (including phenoxy) is 1. The molecule has 0 unspecified atom stereocenters. The zero-order valence-electron chi connectivity index (χ0n) is 19.6. The zero-order valence-corrected chi connectivity index (χ0v) is 19.6. The van der Waals surface area contributed by atoms with E-state index in [4.69, 9.17) is 4.74 Å². The number of halogens is 3. The van der Waals surface area contributed by atoms with E-state index in [9.17, 15) is 18.0 Å². The third-order valence-electron chi connectivity index (χ3n) is 6.03. The Hall–Kier alpha value is -4.21. The maximum absolute atomic E-state index is 15.0. The third kappa shape index (κ3) is 4.41. The van der Waals surface area contributed by atoms with E-state index in [-0.39, 0.29) is 24.5 Å². The van der Waals surface area contributed by atoms with Crippen LogP contribution in [0, 0.1) is 12.7 Å². The molecule has 0 bridgehead atoms. The highest BCUT2D eigenvalue weighted by atomic mass is 19.3. The highest BCUT2D eigenvalue weighted by Crippen LogP contribution is 2.33. The predicted molar refractivity (Wildman–Crippen MR) is 125 cm³/mol. The molecule has 5 rings (SSSR count). The first kappa shape index (κ1) is 23.5. The van der Waals surface area contributed by atoms with Crippen molar-refractivity contribution in [1.82, 2.24) is 24.6 Å². The first-order chi connectivity index (χ1) is 17.2. The Kier molecular flexibility index (Phi) is 5.95. The van der Waals surface area contributed by atoms with Crippen LogP contribution in [0.1, 0.15) is 32.9 Å². The summed E-state index contributed by atoms with van der Waals surface area (Å²) in [6, 6.07) is 10.7. The van der Waals surface area contributed by atoms with Gasteiger partial charge in [-0.25, -0.2) is 9.37 Å². The first-order valence-electron chi connectivity index (χ1n) is 11.2. The number of aromatic nitrogens is 4. The summed E-state index contributed by atoms with van der Waals surface area (Å²) in [5.74, 6) is -4.46. The van der Waals surface area contributed by atoms with Gasteiger partial charge in [0.1, 0.15) is 17.1 Å². The van der Waals surface area contributed by atoms with Crippen molar-refractivity contribution in [3.63, 3.8) is 0 Å². The SMILES string of the molecule is Cc1nn(C)cc1-c1ccc(CN2Cc3ccnc(OCC(F)(F)c4ccccn4)c3C2=O)c(F)c1. The molecule has 7 nitrogen and oxygen atoms in total. The topological polar surface area (TPSA) is 73.1 Å². The van der Waals surface area contributed by atoms with Crippen molar-refractivity contribution < 1.29 is 22.7 Å². The quantitative estimate of drug-likeness (QED) is 0.375. The normalized spacial score (nSPS) is 13.2. The van der Waals surface area contributed by atoms with Gasteiger partial charge in [0.05, 0.1) is 5.69 Å². The van der Waals surface area contributed by atoms with E-state index in [0.717, 1.165) is 11.3 Å². The Morgan fingerprint density at radius 1 is 1.11 bits per heavy atom. The monoisotopic (exact) mass is 493 g/mol. The fourth-order valence-electron chi connectivity index (χ4n) is 4.26. The molecule has 1 aliphatic heterocycles. The van der Waals surface area contributed by atoms with Crippen LogP contribution in [0.25, 0.3) is 11.1 Å². The minimum absolute atomic E-state index is 0.00911. The molecule has 0 N–H and O–H groups in total. The Morgan fingerprint density at radius 3 is 2.64 bits per heavy atom. The molecule has 184 valence electrons. The molecule has 10 heteroatoms. The Balaban J connectivity index is 1.32. The molecule has 1 amide bonds. The average Bonchev–Trinajstić information content (AvgIpc) is 3.37. The number of amides is 1. The molecule has 0 spiro atoms. The summed E-state index contributed by atoms with van der Waals surface area (Å²) in [5, 5.41) is 4.28. The van der Waals surface area contributed by atoms with Crippen LogP contribution in [0.5, 0.6) is 5.88 Å². The van der Waals surface area contributed by atoms with Gasteiger partial charge in [0.25, 0.3) is 5.91 Å². The lowest BCUT2D eigenvalue weighted by atomic mass is 10.0. The summed E-state index contributed by atoms with van der Waals surface area (Å²) in [4.78, 5) is 22.3. The second-order valence-electron chi connectivity index (χ2n) is 8.63. The number of carbonyl (C=O) groups is 1. The second kappa shape index (κ2) is 9.10. The standard InChI is InChI=1S/C26H22F3N5O2/c1-16-20(14-33(2)32-16)17-6-7-18(21(27)11-17)12-34-13-19-8-10-31-24(23(19)25(34)35)36-15-26(28,29)22-5-3-4-9-30-22/h3-11,14H,12-13,15H2,1-2H3. The number of carbonyl (C=O) groups excluding carboxylic acids is 1. The minimum Gasteiger partial charge on any atom is -0.470 e. The summed E-state index contributed by atoms with van der Waals surface area (Å²) >= 11 is 0. The number of pyridine rings is 2. The van der Waals surface area contributed by atoms with Crippen LogP contribution in [0.15, 0.2) is 61.1 Å². The van der Waals surface area contributed by atoms with Crippen LogP contribution in [-0.4, -0.2) is 37.2 Å². The van der Waals surface area contributed by atoms with Gasteiger partial charge >= 0.3 is 5.92 Å². The fourth-order valence-corrected chi connectivity index (χ4v) is 4.26. The van der Waals surface area contributed by atoms with Crippen molar-refractivity contribution in [2.45, 2.75) is 25.9 Å². The van der Waals surface area contributed by atoms with Gasteiger partial charge in [-0.1, -0.05) is 18.2 Å². The lowest BCUT2D eigenvalue weighted by Crippen LogP contribution is -2.26. The van der Waals surface area contributed by atoms with E-state index >= 15 is 0 Å². The van der Waals surface area contributed by atoms with Gasteiger partial charge in [-0.2, -0.15) is 13.9 Å². The van der Waals surface area contributed by atoms with Crippen molar-refractivity contribution >= 4 is 5.91 Å². The lowest BCUT2D eigenvalue weighted by molar-refractivity contribution is -0.0517. The van der Waals surface area contributed by atoms with Gasteiger partial charge in [-0.3, -0.25) is 14.5 Å². The average molecular weight is 493 g/mol. The fraction of sp³-hybridized carbons (Fsp3) is 0.231. The van der Waals surface area contributed by atoms with Crippen molar-refractivity contribution in [2.75, 3.05) is 6.61 Å². The number of alkyl halides is 2. The van der Waals surface area contributed by atoms with E-state index in [0.29, 0.717) is 16.7 Å². The molecule has 0 radical (unpaired) electrons. The molecule has 0 fully saturated rings. The smallest absolute Gasteiger partial charge is 0.322 e. The molecule has 3 aromatic heterocycles. The zero-order chi connectivity index (χ0) is 25.4. The van der Waals surface area contributed by atoms with Crippen LogP contribution in [-0.2, 0) is 26.1 Å². The van der Waals surface area contributed by atoms with Gasteiger partial charge in [-0.15, -0.1) is 0 Å². The first-order valence-corrected chi connectivity index (χ1v) is 11.2. The second-order valence-corrected chi connectivity index (χ2v) is 8.63. The summed E-state index contributed by atoms with van der Waals surface area (Å²) in [6.07, 6.45) is 4.48. The largest absolute Gasteiger partial charge is 0.470 e. The molecule has 1 aliphatic rings. The van der Waals surface area contributed by atoms with Gasteiger partial charge in [0.2, 0.25) is 5.88 Å². The molecular weight excluding hydrogens is 471 g/mol. The van der Waals surface area contributed by atoms with E-state index in [1.807, 2.05) is 13.1 Å². The minimum atomic E-state index is -3.37. The maximum atomic E-state index is 15.0. The molecular formula is C26H22F3N5O2. The number of hydrogen-bond donors (Lipinski definition) is 0. The van der Waals surface area contributed by atoms with Crippen molar-refractivity contribution in [2.24, 2.45) is 7.05 Å². The van der Waals surface area contributed by atoms with Crippen LogP contribution < -0.4 is 4.74 Å². The highest BCUT2D eigenvalue weighted by Gasteiger charge is 2.37. The lowest BCUT2D eigenvalue weighted by Gasteiger charge is -2.18. The van der Waals surface area contributed by atoms with Gasteiger partial charge < -0.3 is 9.64 Å². The number of benzene rings is 1. The van der Waals surface area contributed by atoms with Crippen LogP contribution in [0.3, 0.4) is 0 Å². The molecule has 0 aliphatic carbocycles. The van der Waals surface area contributed by atoms with Crippen LogP contribution in [0.4, 0.5) is 13.2 Å². The molecule has 0 atom stereocenters. The molecule has 1 aromatic carbocycles. The number of hydrogen-bond acceptors (Lipinski definition) is 5. The molecule has 4 heterocycles. The summed E-state index contributed by atoms with van der Waals surface area (Å²) in [6.45, 7) is 1.02. The Labute approximate surface area is 205 Å². The molecule has 0 saturated carbocycles. The van der Waals surface area contributed by atoms with Crippen LogP contribution in [0.2, 0.25) is 0 Å². The highest BCUT2D eigenvalue weighted by molar-refractivity contribution is 6.00. The molecule has 36 heavy (non-hydrogen) atoms. The van der Waals surface area contributed by atoms with Gasteiger partial charge in [0, 0.05) is 49.9 Å². The van der Waals surface area contributed by atoms with Gasteiger partial charge in [-0.05, 0) is 42.3 Å². The van der Waals surface area contributed by atoms with E-state index in [2.05, 4.69) is 15.1 Å². The Bertz CT molecular complexity index is 1440. The molecule has 0 saturated heterocycles. The number of rotatable bonds is 7. The van der Waals surface area contributed by atoms with Crippen molar-refractivity contribution in [3.8, 4) is 17.0 Å². The third-order valence-corrected chi connectivity index (χ3v) is 6.03. The van der Waals surface area contributed by atoms with E-state index in [1.165, 1.54) is 41.6 Å². The number of aryl methyl sites for hydroxylation is 2. The summed E-state index contributed by atoms with van der Waals surface area (Å²) in [5.41, 5.74) is 2.87. The van der Waals surface area contributed by atoms with E-state index < -0.39 is 29.9 Å². The predicted octanol–water partition coefficient (Wildman–Crippen LogP) is 4.65. The van der Waals surface area contributed by atoms with Gasteiger partial charge in [0.15, 0.2) is 6.61 Å². The van der Waals surface area contributed by atoms with Crippen LogP contribution >= 0.6 is 0 Å². The number of nitrogens with zero attached hydrogens (tertiary/aromatic N) is 5.